The maximum atomic E-state index is 11.9. The predicted molar refractivity (Wildman–Crippen MR) is 84.6 cm³/mol. The van der Waals surface area contributed by atoms with Crippen LogP contribution in [0.4, 0.5) is 0 Å². The lowest BCUT2D eigenvalue weighted by molar-refractivity contribution is 0.567. The molecule has 0 aliphatic rings. The molecular weight excluding hydrogens is 288 g/mol. The number of thioether (sulfide) groups is 1. The van der Waals surface area contributed by atoms with E-state index in [4.69, 9.17) is 18.0 Å². The van der Waals surface area contributed by atoms with Crippen LogP contribution in [0.3, 0.4) is 0 Å². The number of hydrogen-bond donors (Lipinski definition) is 2. The number of nitrogens with two attached hydrogens (primary N) is 1. The minimum Gasteiger partial charge on any atom is -0.392 e. The highest BCUT2D eigenvalue weighted by atomic mass is 32.2. The van der Waals surface area contributed by atoms with Crippen molar-refractivity contribution in [3.63, 3.8) is 0 Å². The van der Waals surface area contributed by atoms with Gasteiger partial charge in [-0.05, 0) is 31.3 Å². The summed E-state index contributed by atoms with van der Waals surface area (Å²) in [6, 6.07) is 0. The molecule has 0 aromatic heterocycles. The molecule has 1 atom stereocenters. The highest BCUT2D eigenvalue weighted by Crippen LogP contribution is 2.07. The van der Waals surface area contributed by atoms with Crippen LogP contribution in [0.1, 0.15) is 39.0 Å². The van der Waals surface area contributed by atoms with Gasteiger partial charge in [0.1, 0.15) is 5.25 Å². The zero-order chi connectivity index (χ0) is 14.0. The van der Waals surface area contributed by atoms with Gasteiger partial charge in [0.2, 0.25) is 10.0 Å². The Morgan fingerprint density at radius 3 is 2.44 bits per heavy atom. The lowest BCUT2D eigenvalue weighted by Gasteiger charge is -2.15. The lowest BCUT2D eigenvalue weighted by atomic mass is 10.2. The van der Waals surface area contributed by atoms with Gasteiger partial charge in [0.15, 0.2) is 0 Å². The molecule has 0 aromatic carbocycles. The van der Waals surface area contributed by atoms with E-state index in [9.17, 15) is 8.42 Å². The Kier molecular flexibility index (Phi) is 10.1. The van der Waals surface area contributed by atoms with E-state index >= 15 is 0 Å². The second-order valence-electron chi connectivity index (χ2n) is 4.15. The Morgan fingerprint density at radius 1 is 1.33 bits per heavy atom. The van der Waals surface area contributed by atoms with Crippen molar-refractivity contribution in [2.24, 2.45) is 5.73 Å². The third kappa shape index (κ3) is 7.56. The molecule has 0 aliphatic carbocycles. The van der Waals surface area contributed by atoms with Crippen molar-refractivity contribution in [2.75, 3.05) is 18.6 Å². The van der Waals surface area contributed by atoms with Crippen molar-refractivity contribution in [3.8, 4) is 0 Å². The maximum absolute atomic E-state index is 11.9. The Hall–Kier alpha value is 0.150. The second kappa shape index (κ2) is 10.00. The van der Waals surface area contributed by atoms with Crippen LogP contribution in [-0.2, 0) is 10.0 Å². The predicted octanol–water partition coefficient (Wildman–Crippen LogP) is 1.89. The first kappa shape index (κ1) is 18.1. The highest BCUT2D eigenvalue weighted by molar-refractivity contribution is 7.98. The van der Waals surface area contributed by atoms with Gasteiger partial charge < -0.3 is 5.73 Å². The van der Waals surface area contributed by atoms with E-state index < -0.39 is 15.3 Å². The van der Waals surface area contributed by atoms with Gasteiger partial charge in [0.05, 0.1) is 4.99 Å². The van der Waals surface area contributed by atoms with E-state index in [1.54, 1.807) is 6.92 Å². The van der Waals surface area contributed by atoms with Crippen LogP contribution in [0.5, 0.6) is 0 Å². The fraction of sp³-hybridized carbons (Fsp3) is 0.909. The molecular formula is C11H24N2O2S3. The average molecular weight is 313 g/mol. The Balaban J connectivity index is 3.87. The molecule has 0 spiro atoms. The SMILES string of the molecule is CCC(C(N)=S)S(=O)(=O)NCCCCCCSC. The number of hydrogen-bond acceptors (Lipinski definition) is 4. The largest absolute Gasteiger partial charge is 0.392 e. The Labute approximate surface area is 121 Å². The molecule has 0 bridgehead atoms. The molecule has 0 amide bonds. The van der Waals surface area contributed by atoms with E-state index in [2.05, 4.69) is 11.0 Å². The van der Waals surface area contributed by atoms with Crippen LogP contribution in [0.15, 0.2) is 0 Å². The molecule has 0 fully saturated rings. The monoisotopic (exact) mass is 312 g/mol. The van der Waals surface area contributed by atoms with Crippen LogP contribution in [0.25, 0.3) is 0 Å². The van der Waals surface area contributed by atoms with Gasteiger partial charge >= 0.3 is 0 Å². The summed E-state index contributed by atoms with van der Waals surface area (Å²) in [6.07, 6.45) is 6.76. The highest BCUT2D eigenvalue weighted by Gasteiger charge is 2.25. The molecule has 4 nitrogen and oxygen atoms in total. The molecule has 7 heteroatoms. The molecule has 18 heavy (non-hydrogen) atoms. The Bertz CT molecular complexity index is 331. The molecule has 1 unspecified atom stereocenters. The molecule has 108 valence electrons. The van der Waals surface area contributed by atoms with Gasteiger partial charge in [-0.2, -0.15) is 11.8 Å². The molecule has 0 rings (SSSR count). The fourth-order valence-corrected chi connectivity index (χ4v) is 4.03. The third-order valence-electron chi connectivity index (χ3n) is 2.64. The minimum atomic E-state index is -3.39. The zero-order valence-electron chi connectivity index (χ0n) is 11.1. The average Bonchev–Trinajstić information content (AvgIpc) is 2.27. The van der Waals surface area contributed by atoms with Crippen LogP contribution in [-0.4, -0.2) is 37.2 Å². The van der Waals surface area contributed by atoms with Crippen molar-refractivity contribution in [3.05, 3.63) is 0 Å². The van der Waals surface area contributed by atoms with Crippen LogP contribution >= 0.6 is 24.0 Å². The van der Waals surface area contributed by atoms with E-state index in [0.29, 0.717) is 13.0 Å². The molecule has 0 radical (unpaired) electrons. The molecule has 0 saturated heterocycles. The van der Waals surface area contributed by atoms with Crippen LogP contribution < -0.4 is 10.5 Å². The molecule has 3 N–H and O–H groups in total. The van der Waals surface area contributed by atoms with Gasteiger partial charge in [-0.25, -0.2) is 13.1 Å². The van der Waals surface area contributed by atoms with Crippen LogP contribution in [0.2, 0.25) is 0 Å². The maximum Gasteiger partial charge on any atom is 0.220 e. The van der Waals surface area contributed by atoms with Crippen molar-refractivity contribution in [2.45, 2.75) is 44.3 Å². The quantitative estimate of drug-likeness (QED) is 0.450. The molecule has 0 aromatic rings. The summed E-state index contributed by atoms with van der Waals surface area (Å²) in [6.45, 7) is 2.24. The first-order chi connectivity index (χ1) is 8.45. The number of rotatable bonds is 11. The van der Waals surface area contributed by atoms with E-state index in [-0.39, 0.29) is 4.99 Å². The minimum absolute atomic E-state index is 0.0463. The van der Waals surface area contributed by atoms with Gasteiger partial charge in [-0.1, -0.05) is 32.0 Å². The molecule has 0 saturated carbocycles. The summed E-state index contributed by atoms with van der Waals surface area (Å²) in [4.78, 5) is 0.0463. The lowest BCUT2D eigenvalue weighted by Crippen LogP contribution is -2.41. The summed E-state index contributed by atoms with van der Waals surface area (Å²) in [7, 11) is -3.39. The van der Waals surface area contributed by atoms with E-state index in [1.165, 1.54) is 12.2 Å². The van der Waals surface area contributed by atoms with Crippen molar-refractivity contribution >= 4 is 39.0 Å². The standard InChI is InChI=1S/C11H24N2O2S3/c1-3-10(11(12)16)18(14,15)13-8-6-4-5-7-9-17-2/h10,13H,3-9H2,1-2H3,(H2,12,16). The van der Waals surface area contributed by atoms with E-state index in [0.717, 1.165) is 19.3 Å². The topological polar surface area (TPSA) is 72.2 Å². The third-order valence-corrected chi connectivity index (χ3v) is 5.71. The summed E-state index contributed by atoms with van der Waals surface area (Å²) < 4.78 is 26.3. The normalized spacial score (nSPS) is 13.4. The smallest absolute Gasteiger partial charge is 0.220 e. The van der Waals surface area contributed by atoms with Gasteiger partial charge in [-0.15, -0.1) is 0 Å². The van der Waals surface area contributed by atoms with Crippen molar-refractivity contribution < 1.29 is 8.42 Å². The fourth-order valence-electron chi connectivity index (χ4n) is 1.61. The first-order valence-electron chi connectivity index (χ1n) is 6.22. The second-order valence-corrected chi connectivity index (χ2v) is 7.55. The number of sulfonamides is 1. The summed E-state index contributed by atoms with van der Waals surface area (Å²) in [5.41, 5.74) is 5.43. The summed E-state index contributed by atoms with van der Waals surface area (Å²) in [5.74, 6) is 1.17. The van der Waals surface area contributed by atoms with Gasteiger partial charge in [-0.3, -0.25) is 0 Å². The van der Waals surface area contributed by atoms with Gasteiger partial charge in [0, 0.05) is 6.54 Å². The van der Waals surface area contributed by atoms with Gasteiger partial charge in [0.25, 0.3) is 0 Å². The summed E-state index contributed by atoms with van der Waals surface area (Å²) >= 11 is 6.61. The zero-order valence-corrected chi connectivity index (χ0v) is 13.6. The molecule has 0 heterocycles. The van der Waals surface area contributed by atoms with Crippen molar-refractivity contribution in [1.82, 2.24) is 4.72 Å². The summed E-state index contributed by atoms with van der Waals surface area (Å²) in [5, 5.41) is -0.746. The van der Waals surface area contributed by atoms with Crippen molar-refractivity contribution in [1.29, 1.82) is 0 Å². The molecule has 0 aliphatic heterocycles. The number of unbranched alkanes of at least 4 members (excludes halogenated alkanes) is 3. The number of thiocarbonyl (C=S) groups is 1. The van der Waals surface area contributed by atoms with Crippen LogP contribution in [0, 0.1) is 0 Å². The van der Waals surface area contributed by atoms with E-state index in [1.807, 2.05) is 11.8 Å². The Morgan fingerprint density at radius 2 is 1.94 bits per heavy atom. The number of nitrogens with one attached hydrogen (secondary N) is 1. The first-order valence-corrected chi connectivity index (χ1v) is 9.57.